The highest BCUT2D eigenvalue weighted by Crippen LogP contribution is 2.42. The second-order valence-corrected chi connectivity index (χ2v) is 6.62. The smallest absolute Gasteiger partial charge is 0.149 e. The summed E-state index contributed by atoms with van der Waals surface area (Å²) < 4.78 is 28.8. The molecule has 1 aromatic heterocycles. The molecule has 4 rings (SSSR count). The lowest BCUT2D eigenvalue weighted by Gasteiger charge is -2.26. The first kappa shape index (κ1) is 16.3. The van der Waals surface area contributed by atoms with Crippen LogP contribution in [0.1, 0.15) is 5.56 Å². The Morgan fingerprint density at radius 2 is 1.72 bits per heavy atom. The van der Waals surface area contributed by atoms with Gasteiger partial charge in [0.25, 0.3) is 0 Å². The van der Waals surface area contributed by atoms with E-state index < -0.39 is 11.6 Å². The lowest BCUT2D eigenvalue weighted by molar-refractivity contribution is 0.580. The van der Waals surface area contributed by atoms with Crippen molar-refractivity contribution in [1.29, 1.82) is 0 Å². The van der Waals surface area contributed by atoms with Gasteiger partial charge in [-0.05, 0) is 47.9 Å². The maximum Gasteiger partial charge on any atom is 0.149 e. The van der Waals surface area contributed by atoms with Crippen LogP contribution in [0.25, 0.3) is 11.1 Å². The third-order valence-corrected chi connectivity index (χ3v) is 4.75. The molecular formula is C19H12Cl2F2N2. The number of para-hydroxylation sites is 1. The summed E-state index contributed by atoms with van der Waals surface area (Å²) >= 11 is 12.2. The van der Waals surface area contributed by atoms with Gasteiger partial charge in [0.15, 0.2) is 0 Å². The standard InChI is InChI=1S/C19H12Cl2F2N2/c20-12-4-5-13-14-9-18(21)24-10-11(14)6-7-25(17(13)8-12)19-15(22)2-1-3-16(19)23/h1-5,8-10H,6-7H2. The number of nitrogens with zero attached hydrogens (tertiary/aromatic N) is 2. The first-order valence-electron chi connectivity index (χ1n) is 7.70. The summed E-state index contributed by atoms with van der Waals surface area (Å²) in [6.07, 6.45) is 2.27. The van der Waals surface area contributed by atoms with Crippen LogP contribution in [0.15, 0.2) is 48.7 Å². The zero-order valence-electron chi connectivity index (χ0n) is 12.9. The van der Waals surface area contributed by atoms with Gasteiger partial charge in [0.2, 0.25) is 0 Å². The fraction of sp³-hybridized carbons (Fsp3) is 0.105. The summed E-state index contributed by atoms with van der Waals surface area (Å²) in [5.41, 5.74) is 3.22. The quantitative estimate of drug-likeness (QED) is 0.482. The van der Waals surface area contributed by atoms with Gasteiger partial charge in [-0.3, -0.25) is 0 Å². The molecule has 0 radical (unpaired) electrons. The molecule has 1 aliphatic rings. The van der Waals surface area contributed by atoms with Gasteiger partial charge in [-0.2, -0.15) is 0 Å². The molecule has 0 spiro atoms. The summed E-state index contributed by atoms with van der Waals surface area (Å²) in [6.45, 7) is 0.390. The highest BCUT2D eigenvalue weighted by atomic mass is 35.5. The van der Waals surface area contributed by atoms with Crippen molar-refractivity contribution in [1.82, 2.24) is 4.98 Å². The van der Waals surface area contributed by atoms with E-state index in [1.807, 2.05) is 6.07 Å². The van der Waals surface area contributed by atoms with E-state index in [0.717, 1.165) is 16.7 Å². The predicted molar refractivity (Wildman–Crippen MR) is 96.8 cm³/mol. The van der Waals surface area contributed by atoms with Crippen LogP contribution in [-0.2, 0) is 6.42 Å². The van der Waals surface area contributed by atoms with Crippen molar-refractivity contribution in [3.63, 3.8) is 0 Å². The van der Waals surface area contributed by atoms with Gasteiger partial charge in [-0.25, -0.2) is 13.8 Å². The minimum Gasteiger partial charge on any atom is -0.336 e. The largest absolute Gasteiger partial charge is 0.336 e. The Morgan fingerprint density at radius 3 is 2.48 bits per heavy atom. The molecule has 0 fully saturated rings. The number of hydrogen-bond acceptors (Lipinski definition) is 2. The monoisotopic (exact) mass is 376 g/mol. The highest BCUT2D eigenvalue weighted by molar-refractivity contribution is 6.31. The van der Waals surface area contributed by atoms with E-state index in [-0.39, 0.29) is 5.69 Å². The number of pyridine rings is 1. The van der Waals surface area contributed by atoms with Gasteiger partial charge < -0.3 is 4.90 Å². The summed E-state index contributed by atoms with van der Waals surface area (Å²) in [4.78, 5) is 5.75. The zero-order valence-corrected chi connectivity index (χ0v) is 14.5. The molecule has 0 unspecified atom stereocenters. The van der Waals surface area contributed by atoms with Crippen molar-refractivity contribution in [3.8, 4) is 11.1 Å². The van der Waals surface area contributed by atoms with Crippen LogP contribution in [0.4, 0.5) is 20.2 Å². The number of hydrogen-bond donors (Lipinski definition) is 0. The second kappa shape index (κ2) is 6.28. The normalized spacial score (nSPS) is 13.2. The number of halogens is 4. The van der Waals surface area contributed by atoms with Crippen LogP contribution >= 0.6 is 23.2 Å². The molecule has 126 valence electrons. The van der Waals surface area contributed by atoms with E-state index in [4.69, 9.17) is 23.2 Å². The first-order chi connectivity index (χ1) is 12.0. The van der Waals surface area contributed by atoms with Gasteiger partial charge in [0, 0.05) is 23.3 Å². The van der Waals surface area contributed by atoms with Crippen LogP contribution in [-0.4, -0.2) is 11.5 Å². The van der Waals surface area contributed by atoms with Crippen LogP contribution in [0, 0.1) is 11.6 Å². The fourth-order valence-electron chi connectivity index (χ4n) is 3.20. The highest BCUT2D eigenvalue weighted by Gasteiger charge is 2.25. The molecule has 1 aliphatic heterocycles. The summed E-state index contributed by atoms with van der Waals surface area (Å²) in [7, 11) is 0. The van der Waals surface area contributed by atoms with Crippen molar-refractivity contribution >= 4 is 34.6 Å². The van der Waals surface area contributed by atoms with Crippen molar-refractivity contribution in [2.45, 2.75) is 6.42 Å². The average molecular weight is 377 g/mol. The van der Waals surface area contributed by atoms with Crippen molar-refractivity contribution in [2.75, 3.05) is 11.4 Å². The van der Waals surface area contributed by atoms with Gasteiger partial charge in [-0.15, -0.1) is 0 Å². The Labute approximate surface area is 153 Å². The van der Waals surface area contributed by atoms with Gasteiger partial charge >= 0.3 is 0 Å². The Balaban J connectivity index is 1.99. The van der Waals surface area contributed by atoms with Crippen LogP contribution in [0.5, 0.6) is 0 Å². The van der Waals surface area contributed by atoms with Gasteiger partial charge in [0.05, 0.1) is 5.69 Å². The second-order valence-electron chi connectivity index (χ2n) is 5.80. The van der Waals surface area contributed by atoms with E-state index >= 15 is 0 Å². The molecule has 2 heterocycles. The Hall–Kier alpha value is -2.17. The lowest BCUT2D eigenvalue weighted by atomic mass is 10.00. The molecule has 0 amide bonds. The molecule has 6 heteroatoms. The molecule has 0 aliphatic carbocycles. The fourth-order valence-corrected chi connectivity index (χ4v) is 3.52. The maximum absolute atomic E-state index is 14.4. The first-order valence-corrected chi connectivity index (χ1v) is 8.46. The van der Waals surface area contributed by atoms with Crippen LogP contribution in [0.2, 0.25) is 10.2 Å². The SMILES string of the molecule is Fc1cccc(F)c1N1CCc2cnc(Cl)cc2-c2ccc(Cl)cc21. The van der Waals surface area contributed by atoms with Crippen molar-refractivity contribution in [3.05, 3.63) is 76.0 Å². The molecule has 2 nitrogen and oxygen atoms in total. The van der Waals surface area contributed by atoms with Gasteiger partial charge in [0.1, 0.15) is 22.5 Å². The number of fused-ring (bicyclic) bond motifs is 3. The van der Waals surface area contributed by atoms with E-state index in [0.29, 0.717) is 28.8 Å². The van der Waals surface area contributed by atoms with Gasteiger partial charge in [-0.1, -0.05) is 35.3 Å². The molecule has 2 aromatic carbocycles. The number of rotatable bonds is 1. The van der Waals surface area contributed by atoms with E-state index in [1.54, 1.807) is 29.3 Å². The Bertz CT molecular complexity index is 955. The van der Waals surface area contributed by atoms with Crippen LogP contribution in [0.3, 0.4) is 0 Å². The van der Waals surface area contributed by atoms with E-state index in [1.165, 1.54) is 18.2 Å². The molecule has 0 saturated heterocycles. The Kier molecular flexibility index (Phi) is 4.10. The molecule has 0 bridgehead atoms. The molecule has 0 atom stereocenters. The third-order valence-electron chi connectivity index (χ3n) is 4.31. The van der Waals surface area contributed by atoms with Crippen LogP contribution < -0.4 is 4.90 Å². The summed E-state index contributed by atoms with van der Waals surface area (Å²) in [5, 5.41) is 0.856. The number of benzene rings is 2. The summed E-state index contributed by atoms with van der Waals surface area (Å²) in [5.74, 6) is -1.24. The van der Waals surface area contributed by atoms with E-state index in [9.17, 15) is 8.78 Å². The molecule has 3 aromatic rings. The Morgan fingerprint density at radius 1 is 0.960 bits per heavy atom. The predicted octanol–water partition coefficient (Wildman–Crippen LogP) is 6.03. The topological polar surface area (TPSA) is 16.1 Å². The zero-order chi connectivity index (χ0) is 17.6. The average Bonchev–Trinajstić information content (AvgIpc) is 2.72. The number of anilines is 2. The van der Waals surface area contributed by atoms with E-state index in [2.05, 4.69) is 4.98 Å². The van der Waals surface area contributed by atoms with Crippen molar-refractivity contribution < 1.29 is 8.78 Å². The summed E-state index contributed by atoms with van der Waals surface area (Å²) in [6, 6.07) is 10.9. The molecule has 25 heavy (non-hydrogen) atoms. The minimum atomic E-state index is -0.618. The third kappa shape index (κ3) is 2.86. The maximum atomic E-state index is 14.4. The number of aromatic nitrogens is 1. The van der Waals surface area contributed by atoms with Crippen molar-refractivity contribution in [2.24, 2.45) is 0 Å². The molecule has 0 N–H and O–H groups in total. The minimum absolute atomic E-state index is 0.0853. The molecular weight excluding hydrogens is 365 g/mol. The molecule has 0 saturated carbocycles. The lowest BCUT2D eigenvalue weighted by Crippen LogP contribution is -2.21.